The number of morpholine rings is 1. The second-order valence-corrected chi connectivity index (χ2v) is 4.94. The zero-order valence-electron chi connectivity index (χ0n) is 11.7. The number of benzene rings is 1. The number of methoxy groups -OCH3 is 1. The number of H-pyrrole nitrogens is 1. The lowest BCUT2D eigenvalue weighted by Crippen LogP contribution is -2.41. The van der Waals surface area contributed by atoms with Crippen LogP contribution < -0.4 is 4.74 Å². The van der Waals surface area contributed by atoms with E-state index < -0.39 is 0 Å². The SMILES string of the molecule is COc1ccc2c(C)c(C(=O)N3CCOCC3)[nH]c2c1. The quantitative estimate of drug-likeness (QED) is 0.910. The van der Waals surface area contributed by atoms with Gasteiger partial charge in [-0.25, -0.2) is 0 Å². The molecule has 0 atom stereocenters. The monoisotopic (exact) mass is 274 g/mol. The van der Waals surface area contributed by atoms with Gasteiger partial charge in [0.1, 0.15) is 11.4 Å². The van der Waals surface area contributed by atoms with Crippen LogP contribution in [0.5, 0.6) is 5.75 Å². The van der Waals surface area contributed by atoms with Gasteiger partial charge in [0, 0.05) is 30.1 Å². The number of nitrogens with zero attached hydrogens (tertiary/aromatic N) is 1. The summed E-state index contributed by atoms with van der Waals surface area (Å²) < 4.78 is 10.5. The molecule has 0 spiro atoms. The summed E-state index contributed by atoms with van der Waals surface area (Å²) in [6.45, 7) is 4.49. The lowest BCUT2D eigenvalue weighted by Gasteiger charge is -2.26. The highest BCUT2D eigenvalue weighted by Gasteiger charge is 2.22. The highest BCUT2D eigenvalue weighted by Crippen LogP contribution is 2.26. The zero-order chi connectivity index (χ0) is 14.1. The standard InChI is InChI=1S/C15H18N2O3/c1-10-12-4-3-11(19-2)9-13(12)16-14(10)15(18)17-5-7-20-8-6-17/h3-4,9,16H,5-8H2,1-2H3. The van der Waals surface area contributed by atoms with Crippen molar-refractivity contribution in [2.24, 2.45) is 0 Å². The summed E-state index contributed by atoms with van der Waals surface area (Å²) in [5, 5.41) is 1.06. The number of fused-ring (bicyclic) bond motifs is 1. The van der Waals surface area contributed by atoms with E-state index in [-0.39, 0.29) is 5.91 Å². The first-order valence-corrected chi connectivity index (χ1v) is 6.74. The van der Waals surface area contributed by atoms with E-state index in [0.717, 1.165) is 22.2 Å². The summed E-state index contributed by atoms with van der Waals surface area (Å²) in [7, 11) is 1.64. The van der Waals surface area contributed by atoms with Crippen molar-refractivity contribution < 1.29 is 14.3 Å². The molecule has 0 radical (unpaired) electrons. The number of aryl methyl sites for hydroxylation is 1. The summed E-state index contributed by atoms with van der Waals surface area (Å²) in [5.41, 5.74) is 2.58. The van der Waals surface area contributed by atoms with Crippen LogP contribution in [0.15, 0.2) is 18.2 Å². The van der Waals surface area contributed by atoms with Crippen LogP contribution in [-0.4, -0.2) is 49.2 Å². The average Bonchev–Trinajstić information content (AvgIpc) is 2.84. The molecule has 1 N–H and O–H groups in total. The van der Waals surface area contributed by atoms with Crippen LogP contribution in [0.3, 0.4) is 0 Å². The van der Waals surface area contributed by atoms with Crippen LogP contribution in [0.4, 0.5) is 0 Å². The van der Waals surface area contributed by atoms with Gasteiger partial charge in [-0.2, -0.15) is 0 Å². The molecule has 1 aliphatic rings. The van der Waals surface area contributed by atoms with Crippen molar-refractivity contribution in [2.45, 2.75) is 6.92 Å². The maximum absolute atomic E-state index is 12.6. The van der Waals surface area contributed by atoms with E-state index in [0.29, 0.717) is 32.0 Å². The molecule has 0 bridgehead atoms. The molecular formula is C15H18N2O3. The third-order valence-corrected chi connectivity index (χ3v) is 3.78. The second kappa shape index (κ2) is 5.17. The number of aromatic amines is 1. The van der Waals surface area contributed by atoms with Crippen molar-refractivity contribution >= 4 is 16.8 Å². The topological polar surface area (TPSA) is 54.6 Å². The van der Waals surface area contributed by atoms with Crippen LogP contribution in [0.25, 0.3) is 10.9 Å². The summed E-state index contributed by atoms with van der Waals surface area (Å²) >= 11 is 0. The number of hydrogen-bond acceptors (Lipinski definition) is 3. The molecule has 2 aromatic rings. The molecule has 1 amide bonds. The smallest absolute Gasteiger partial charge is 0.270 e. The van der Waals surface area contributed by atoms with Crippen molar-refractivity contribution in [3.63, 3.8) is 0 Å². The maximum Gasteiger partial charge on any atom is 0.270 e. The predicted octanol–water partition coefficient (Wildman–Crippen LogP) is 1.96. The Kier molecular flexibility index (Phi) is 3.36. The molecular weight excluding hydrogens is 256 g/mol. The molecule has 1 aromatic carbocycles. The Balaban J connectivity index is 1.98. The van der Waals surface area contributed by atoms with Gasteiger partial charge in [-0.15, -0.1) is 0 Å². The van der Waals surface area contributed by atoms with Gasteiger partial charge in [-0.1, -0.05) is 0 Å². The molecule has 1 aliphatic heterocycles. The number of ether oxygens (including phenoxy) is 2. The normalized spacial score (nSPS) is 15.6. The fraction of sp³-hybridized carbons (Fsp3) is 0.400. The van der Waals surface area contributed by atoms with Gasteiger partial charge in [-0.3, -0.25) is 4.79 Å². The molecule has 0 unspecified atom stereocenters. The molecule has 5 nitrogen and oxygen atoms in total. The van der Waals surface area contributed by atoms with E-state index in [1.807, 2.05) is 30.0 Å². The predicted molar refractivity (Wildman–Crippen MR) is 76.3 cm³/mol. The Morgan fingerprint density at radius 2 is 2.10 bits per heavy atom. The van der Waals surface area contributed by atoms with E-state index in [1.54, 1.807) is 7.11 Å². The summed E-state index contributed by atoms with van der Waals surface area (Å²) in [5.74, 6) is 0.824. The third kappa shape index (κ3) is 2.14. The van der Waals surface area contributed by atoms with Gasteiger partial charge in [0.05, 0.1) is 20.3 Å². The lowest BCUT2D eigenvalue weighted by molar-refractivity contribution is 0.0299. The first-order chi connectivity index (χ1) is 9.70. The summed E-state index contributed by atoms with van der Waals surface area (Å²) in [6.07, 6.45) is 0. The third-order valence-electron chi connectivity index (χ3n) is 3.78. The Morgan fingerprint density at radius 1 is 1.35 bits per heavy atom. The number of aromatic nitrogens is 1. The van der Waals surface area contributed by atoms with Gasteiger partial charge in [-0.05, 0) is 24.6 Å². The second-order valence-electron chi connectivity index (χ2n) is 4.94. The molecule has 3 rings (SSSR count). The maximum atomic E-state index is 12.6. The van der Waals surface area contributed by atoms with Crippen molar-refractivity contribution in [1.82, 2.24) is 9.88 Å². The number of amides is 1. The first-order valence-electron chi connectivity index (χ1n) is 6.74. The van der Waals surface area contributed by atoms with E-state index in [4.69, 9.17) is 9.47 Å². The van der Waals surface area contributed by atoms with E-state index >= 15 is 0 Å². The van der Waals surface area contributed by atoms with Crippen LogP contribution in [0.1, 0.15) is 16.1 Å². The largest absolute Gasteiger partial charge is 0.497 e. The minimum absolute atomic E-state index is 0.0426. The number of carbonyl (C=O) groups is 1. The minimum Gasteiger partial charge on any atom is -0.497 e. The molecule has 0 saturated carbocycles. The highest BCUT2D eigenvalue weighted by molar-refractivity contribution is 6.01. The number of rotatable bonds is 2. The molecule has 0 aliphatic carbocycles. The minimum atomic E-state index is 0.0426. The lowest BCUT2D eigenvalue weighted by atomic mass is 10.1. The van der Waals surface area contributed by atoms with Crippen LogP contribution in [0.2, 0.25) is 0 Å². The van der Waals surface area contributed by atoms with Crippen LogP contribution in [0, 0.1) is 6.92 Å². The van der Waals surface area contributed by atoms with Crippen molar-refractivity contribution in [1.29, 1.82) is 0 Å². The Bertz CT molecular complexity index is 642. The number of carbonyl (C=O) groups excluding carboxylic acids is 1. The van der Waals surface area contributed by atoms with E-state index in [2.05, 4.69) is 4.98 Å². The van der Waals surface area contributed by atoms with Gasteiger partial charge in [0.25, 0.3) is 5.91 Å². The molecule has 106 valence electrons. The Labute approximate surface area is 117 Å². The van der Waals surface area contributed by atoms with E-state index in [9.17, 15) is 4.79 Å². The molecule has 1 aromatic heterocycles. The Hall–Kier alpha value is -2.01. The molecule has 1 saturated heterocycles. The van der Waals surface area contributed by atoms with Crippen molar-refractivity contribution in [3.05, 3.63) is 29.5 Å². The highest BCUT2D eigenvalue weighted by atomic mass is 16.5. The van der Waals surface area contributed by atoms with Crippen LogP contribution >= 0.6 is 0 Å². The van der Waals surface area contributed by atoms with Gasteiger partial charge >= 0.3 is 0 Å². The first kappa shape index (κ1) is 13.0. The van der Waals surface area contributed by atoms with Crippen molar-refractivity contribution in [2.75, 3.05) is 33.4 Å². The fourth-order valence-corrected chi connectivity index (χ4v) is 2.58. The van der Waals surface area contributed by atoms with Crippen molar-refractivity contribution in [3.8, 4) is 5.75 Å². The number of nitrogens with one attached hydrogen (secondary N) is 1. The molecule has 1 fully saturated rings. The van der Waals surface area contributed by atoms with Gasteiger partial charge in [0.2, 0.25) is 0 Å². The van der Waals surface area contributed by atoms with Gasteiger partial charge < -0.3 is 19.4 Å². The summed E-state index contributed by atoms with van der Waals surface area (Å²) in [4.78, 5) is 17.6. The molecule has 20 heavy (non-hydrogen) atoms. The van der Waals surface area contributed by atoms with Crippen LogP contribution in [-0.2, 0) is 4.74 Å². The average molecular weight is 274 g/mol. The zero-order valence-corrected chi connectivity index (χ0v) is 11.7. The molecule has 2 heterocycles. The van der Waals surface area contributed by atoms with Gasteiger partial charge in [0.15, 0.2) is 0 Å². The molecule has 5 heteroatoms. The number of hydrogen-bond donors (Lipinski definition) is 1. The Morgan fingerprint density at radius 3 is 2.80 bits per heavy atom. The summed E-state index contributed by atoms with van der Waals surface area (Å²) in [6, 6.07) is 5.81. The fourth-order valence-electron chi connectivity index (χ4n) is 2.58. The van der Waals surface area contributed by atoms with E-state index in [1.165, 1.54) is 0 Å².